The number of rotatable bonds is 5. The fourth-order valence-corrected chi connectivity index (χ4v) is 3.09. The first-order valence-corrected chi connectivity index (χ1v) is 6.92. The molecule has 1 N–H and O–H groups in total. The summed E-state index contributed by atoms with van der Waals surface area (Å²) in [5.74, 6) is 0. The summed E-state index contributed by atoms with van der Waals surface area (Å²) < 4.78 is 61.2. The van der Waals surface area contributed by atoms with Crippen molar-refractivity contribution >= 4 is 21.6 Å². The quantitative estimate of drug-likeness (QED) is 0.902. The molecule has 1 aromatic carbocycles. The topological polar surface area (TPSA) is 57.6 Å². The SMILES string of the molecule is O=S(=O)(c1cccc(Cl)c1)N(CCO)CC(F)(F)F. The molecule has 0 unspecified atom stereocenters. The zero-order chi connectivity index (χ0) is 14.7. The normalized spacial score (nSPS) is 12.9. The van der Waals surface area contributed by atoms with E-state index in [1.54, 1.807) is 0 Å². The fourth-order valence-electron chi connectivity index (χ4n) is 1.37. The largest absolute Gasteiger partial charge is 0.402 e. The summed E-state index contributed by atoms with van der Waals surface area (Å²) in [6.45, 7) is -3.02. The summed E-state index contributed by atoms with van der Waals surface area (Å²) in [6.07, 6.45) is -4.69. The predicted molar refractivity (Wildman–Crippen MR) is 63.4 cm³/mol. The molecule has 0 bridgehead atoms. The molecule has 108 valence electrons. The van der Waals surface area contributed by atoms with Crippen molar-refractivity contribution in [1.29, 1.82) is 0 Å². The minimum absolute atomic E-state index is 0.0945. The summed E-state index contributed by atoms with van der Waals surface area (Å²) in [7, 11) is -4.35. The molecule has 0 saturated carbocycles. The summed E-state index contributed by atoms with van der Waals surface area (Å²) in [4.78, 5) is -0.349. The van der Waals surface area contributed by atoms with Gasteiger partial charge in [0.15, 0.2) is 0 Å². The van der Waals surface area contributed by atoms with Crippen molar-refractivity contribution in [3.8, 4) is 0 Å². The Labute approximate surface area is 113 Å². The van der Waals surface area contributed by atoms with Crippen molar-refractivity contribution in [3.05, 3.63) is 29.3 Å². The highest BCUT2D eigenvalue weighted by Crippen LogP contribution is 2.23. The van der Waals surface area contributed by atoms with Crippen LogP contribution in [0, 0.1) is 0 Å². The van der Waals surface area contributed by atoms with E-state index in [0.29, 0.717) is 0 Å². The van der Waals surface area contributed by atoms with Gasteiger partial charge in [0.2, 0.25) is 10.0 Å². The Morgan fingerprint density at radius 1 is 1.32 bits per heavy atom. The Morgan fingerprint density at radius 3 is 2.42 bits per heavy atom. The van der Waals surface area contributed by atoms with Gasteiger partial charge in [0.05, 0.1) is 11.5 Å². The van der Waals surface area contributed by atoms with Gasteiger partial charge in [-0.25, -0.2) is 8.42 Å². The summed E-state index contributed by atoms with van der Waals surface area (Å²) in [5.41, 5.74) is 0. The Morgan fingerprint density at radius 2 is 1.95 bits per heavy atom. The first-order chi connectivity index (χ1) is 8.66. The first kappa shape index (κ1) is 16.2. The highest BCUT2D eigenvalue weighted by molar-refractivity contribution is 7.89. The van der Waals surface area contributed by atoms with Gasteiger partial charge in [0.25, 0.3) is 0 Å². The molecule has 0 saturated heterocycles. The van der Waals surface area contributed by atoms with E-state index in [9.17, 15) is 21.6 Å². The number of nitrogens with zero attached hydrogens (tertiary/aromatic N) is 1. The standard InChI is InChI=1S/C10H11ClF3NO3S/c11-8-2-1-3-9(6-8)19(17,18)15(4-5-16)7-10(12,13)14/h1-3,6,16H,4-5,7H2. The van der Waals surface area contributed by atoms with Gasteiger partial charge in [0.1, 0.15) is 6.54 Å². The molecule has 0 radical (unpaired) electrons. The molecule has 1 rings (SSSR count). The molecule has 0 heterocycles. The molecule has 9 heteroatoms. The van der Waals surface area contributed by atoms with E-state index in [-0.39, 0.29) is 14.2 Å². The number of aliphatic hydroxyl groups excluding tert-OH is 1. The second kappa shape index (κ2) is 6.08. The van der Waals surface area contributed by atoms with Crippen molar-refractivity contribution in [2.24, 2.45) is 0 Å². The monoisotopic (exact) mass is 317 g/mol. The van der Waals surface area contributed by atoms with Crippen LogP contribution in [0.3, 0.4) is 0 Å². The van der Waals surface area contributed by atoms with Crippen LogP contribution >= 0.6 is 11.6 Å². The molecule has 0 spiro atoms. The van der Waals surface area contributed by atoms with Crippen molar-refractivity contribution in [2.45, 2.75) is 11.1 Å². The van der Waals surface area contributed by atoms with Gasteiger partial charge in [-0.15, -0.1) is 0 Å². The van der Waals surface area contributed by atoms with Crippen LogP contribution in [0.25, 0.3) is 0 Å². The molecule has 0 fully saturated rings. The Kier molecular flexibility index (Phi) is 5.19. The lowest BCUT2D eigenvalue weighted by Gasteiger charge is -2.22. The second-order valence-corrected chi connectivity index (χ2v) is 6.01. The van der Waals surface area contributed by atoms with Gasteiger partial charge in [-0.1, -0.05) is 17.7 Å². The highest BCUT2D eigenvalue weighted by atomic mass is 35.5. The molecule has 4 nitrogen and oxygen atoms in total. The molecule has 1 aromatic rings. The first-order valence-electron chi connectivity index (χ1n) is 5.10. The minimum Gasteiger partial charge on any atom is -0.395 e. The zero-order valence-electron chi connectivity index (χ0n) is 9.56. The number of hydrogen-bond acceptors (Lipinski definition) is 3. The van der Waals surface area contributed by atoms with E-state index in [1.165, 1.54) is 12.1 Å². The third-order valence-electron chi connectivity index (χ3n) is 2.14. The van der Waals surface area contributed by atoms with Crippen LogP contribution in [-0.2, 0) is 10.0 Å². The van der Waals surface area contributed by atoms with E-state index in [0.717, 1.165) is 12.1 Å². The Bertz CT molecular complexity index is 533. The smallest absolute Gasteiger partial charge is 0.395 e. The van der Waals surface area contributed by atoms with Crippen LogP contribution in [0.1, 0.15) is 0 Å². The third-order valence-corrected chi connectivity index (χ3v) is 4.22. The van der Waals surface area contributed by atoms with Crippen LogP contribution in [0.5, 0.6) is 0 Å². The van der Waals surface area contributed by atoms with Crippen molar-refractivity contribution in [3.63, 3.8) is 0 Å². The van der Waals surface area contributed by atoms with Gasteiger partial charge in [-0.05, 0) is 18.2 Å². The number of sulfonamides is 1. The molecule has 0 atom stereocenters. The summed E-state index contributed by atoms with van der Waals surface area (Å²) in [5, 5.41) is 8.79. The number of hydrogen-bond donors (Lipinski definition) is 1. The van der Waals surface area contributed by atoms with E-state index in [4.69, 9.17) is 16.7 Å². The molecule has 0 aliphatic rings. The van der Waals surface area contributed by atoms with Crippen LogP contribution < -0.4 is 0 Å². The van der Waals surface area contributed by atoms with Gasteiger partial charge in [0, 0.05) is 11.6 Å². The van der Waals surface area contributed by atoms with Crippen molar-refractivity contribution in [1.82, 2.24) is 4.31 Å². The average Bonchev–Trinajstić information content (AvgIpc) is 2.26. The average molecular weight is 318 g/mol. The molecular formula is C10H11ClF3NO3S. The van der Waals surface area contributed by atoms with E-state index >= 15 is 0 Å². The summed E-state index contributed by atoms with van der Waals surface area (Å²) >= 11 is 5.61. The van der Waals surface area contributed by atoms with Crippen LogP contribution in [-0.4, -0.2) is 43.7 Å². The molecular weight excluding hydrogens is 307 g/mol. The molecule has 0 amide bonds. The molecule has 0 aliphatic heterocycles. The predicted octanol–water partition coefficient (Wildman–Crippen LogP) is 1.89. The molecule has 0 aromatic heterocycles. The van der Waals surface area contributed by atoms with Crippen LogP contribution in [0.15, 0.2) is 29.2 Å². The van der Waals surface area contributed by atoms with Gasteiger partial charge in [-0.2, -0.15) is 17.5 Å². The minimum atomic E-state index is -4.69. The van der Waals surface area contributed by atoms with E-state index in [2.05, 4.69) is 0 Å². The lowest BCUT2D eigenvalue weighted by Crippen LogP contribution is -2.40. The number of halogens is 4. The van der Waals surface area contributed by atoms with Gasteiger partial charge in [-0.3, -0.25) is 0 Å². The second-order valence-electron chi connectivity index (χ2n) is 3.63. The van der Waals surface area contributed by atoms with Crippen molar-refractivity contribution in [2.75, 3.05) is 19.7 Å². The molecule has 0 aliphatic carbocycles. The van der Waals surface area contributed by atoms with E-state index in [1.807, 2.05) is 0 Å². The van der Waals surface area contributed by atoms with E-state index < -0.39 is 35.9 Å². The maximum Gasteiger partial charge on any atom is 0.402 e. The maximum absolute atomic E-state index is 12.3. The number of alkyl halides is 3. The Balaban J connectivity index is 3.13. The summed E-state index contributed by atoms with van der Waals surface area (Å²) in [6, 6.07) is 4.92. The van der Waals surface area contributed by atoms with Gasteiger partial charge < -0.3 is 5.11 Å². The number of benzene rings is 1. The lowest BCUT2D eigenvalue weighted by molar-refractivity contribution is -0.136. The number of aliphatic hydroxyl groups is 1. The van der Waals surface area contributed by atoms with Crippen molar-refractivity contribution < 1.29 is 26.7 Å². The zero-order valence-corrected chi connectivity index (χ0v) is 11.1. The lowest BCUT2D eigenvalue weighted by atomic mass is 10.4. The maximum atomic E-state index is 12.3. The highest BCUT2D eigenvalue weighted by Gasteiger charge is 2.36. The van der Waals surface area contributed by atoms with Gasteiger partial charge >= 0.3 is 6.18 Å². The van der Waals surface area contributed by atoms with Crippen LogP contribution in [0.4, 0.5) is 13.2 Å². The van der Waals surface area contributed by atoms with Crippen LogP contribution in [0.2, 0.25) is 5.02 Å². The Hall–Kier alpha value is -0.830. The fraction of sp³-hybridized carbons (Fsp3) is 0.400. The third kappa shape index (κ3) is 4.64. The molecule has 19 heavy (non-hydrogen) atoms.